The normalized spacial score (nSPS) is 14.5. The second-order valence-electron chi connectivity index (χ2n) is 5.57. The van der Waals surface area contributed by atoms with Crippen molar-refractivity contribution in [2.45, 2.75) is 51.4 Å². The van der Waals surface area contributed by atoms with Gasteiger partial charge in [-0.15, -0.1) is 0 Å². The maximum atomic E-state index is 7.00. The van der Waals surface area contributed by atoms with Crippen molar-refractivity contribution in [2.75, 3.05) is 7.11 Å². The van der Waals surface area contributed by atoms with Gasteiger partial charge in [0.2, 0.25) is 0 Å². The van der Waals surface area contributed by atoms with Crippen LogP contribution >= 0.6 is 0 Å². The minimum atomic E-state index is 0. The van der Waals surface area contributed by atoms with Crippen LogP contribution < -0.4 is 12.4 Å². The van der Waals surface area contributed by atoms with Crippen LogP contribution in [0, 0.1) is 0 Å². The van der Waals surface area contributed by atoms with E-state index in [-0.39, 0.29) is 38.6 Å². The molecule has 0 aliphatic heterocycles. The summed E-state index contributed by atoms with van der Waals surface area (Å²) in [5.74, 6) is 0. The minimum Gasteiger partial charge on any atom is -1.00 e. The molecular formula is C19H26ClOZr. The third-order valence-electron chi connectivity index (χ3n) is 4.30. The molecule has 2 aromatic rings. The summed E-state index contributed by atoms with van der Waals surface area (Å²) in [6.07, 6.45) is 10.9. The van der Waals surface area contributed by atoms with E-state index in [4.69, 9.17) is 5.11 Å². The third kappa shape index (κ3) is 6.15. The van der Waals surface area contributed by atoms with Crippen molar-refractivity contribution < 1.29 is 43.7 Å². The Morgan fingerprint density at radius 1 is 0.727 bits per heavy atom. The van der Waals surface area contributed by atoms with E-state index >= 15 is 0 Å². The van der Waals surface area contributed by atoms with Crippen molar-refractivity contribution >= 4 is 0 Å². The smallest absolute Gasteiger partial charge is 1.00 e. The van der Waals surface area contributed by atoms with Crippen molar-refractivity contribution in [1.82, 2.24) is 0 Å². The maximum absolute atomic E-state index is 7.00. The van der Waals surface area contributed by atoms with Crippen LogP contribution in [0.4, 0.5) is 0 Å². The first-order valence-corrected chi connectivity index (χ1v) is 7.85. The zero-order valence-electron chi connectivity index (χ0n) is 13.4. The van der Waals surface area contributed by atoms with Crippen molar-refractivity contribution in [3.05, 3.63) is 58.7 Å². The van der Waals surface area contributed by atoms with E-state index in [2.05, 4.69) is 36.4 Å². The Hall–Kier alpha value is -0.167. The van der Waals surface area contributed by atoms with Crippen LogP contribution in [0.5, 0.6) is 0 Å². The fraction of sp³-hybridized carbons (Fsp3) is 0.474. The largest absolute Gasteiger partial charge is 3.00 e. The molecule has 0 fully saturated rings. The zero-order valence-corrected chi connectivity index (χ0v) is 16.7. The minimum absolute atomic E-state index is 0. The van der Waals surface area contributed by atoms with Crippen molar-refractivity contribution in [3.63, 3.8) is 0 Å². The fourth-order valence-electron chi connectivity index (χ4n) is 3.23. The number of hydrogen-bond donors (Lipinski definition) is 1. The molecule has 22 heavy (non-hydrogen) atoms. The Bertz CT molecular complexity index is 414. The summed E-state index contributed by atoms with van der Waals surface area (Å²) in [7, 11) is 1.00. The number of aliphatic hydroxyl groups excluding tert-OH is 1. The van der Waals surface area contributed by atoms with Crippen LogP contribution in [0.2, 0.25) is 0 Å². The molecule has 2 aliphatic rings. The predicted octanol–water partition coefficient (Wildman–Crippen LogP) is 1.18. The molecule has 119 valence electrons. The van der Waals surface area contributed by atoms with Gasteiger partial charge in [-0.05, 0) is 0 Å². The molecule has 2 aromatic carbocycles. The first kappa shape index (κ1) is 21.8. The van der Waals surface area contributed by atoms with Gasteiger partial charge in [0.25, 0.3) is 0 Å². The molecule has 0 heterocycles. The van der Waals surface area contributed by atoms with Gasteiger partial charge in [-0.25, -0.2) is 12.1 Å². The molecule has 0 saturated heterocycles. The van der Waals surface area contributed by atoms with Crippen molar-refractivity contribution in [3.8, 4) is 0 Å². The standard InChI is InChI=1S/2C9H11.CH4O.ClH.Zr/c2*1-2-5-9-7-3-6-8(9)4-1;1-2;;/h2*3,6-7H,1-2,4-5H2;2H,1H3;1H;/q2*-1;;;+3/p-1. The van der Waals surface area contributed by atoms with E-state index < -0.39 is 0 Å². The molecule has 3 heteroatoms. The van der Waals surface area contributed by atoms with E-state index in [0.29, 0.717) is 0 Å². The van der Waals surface area contributed by atoms with Crippen LogP contribution in [0.15, 0.2) is 36.4 Å². The Morgan fingerprint density at radius 3 is 1.45 bits per heavy atom. The average Bonchev–Trinajstić information content (AvgIpc) is 3.18. The predicted molar refractivity (Wildman–Crippen MR) is 85.5 cm³/mol. The summed E-state index contributed by atoms with van der Waals surface area (Å²) in [5, 5.41) is 7.00. The average molecular weight is 397 g/mol. The first-order valence-electron chi connectivity index (χ1n) is 7.85. The molecule has 1 nitrogen and oxygen atoms in total. The Balaban J connectivity index is 0.000000334. The quantitative estimate of drug-likeness (QED) is 0.663. The summed E-state index contributed by atoms with van der Waals surface area (Å²) in [6, 6.07) is 13.4. The maximum Gasteiger partial charge on any atom is 3.00 e. The van der Waals surface area contributed by atoms with Gasteiger partial charge in [0.05, 0.1) is 0 Å². The Labute approximate surface area is 160 Å². The van der Waals surface area contributed by atoms with Gasteiger partial charge in [0, 0.05) is 7.11 Å². The summed E-state index contributed by atoms with van der Waals surface area (Å²) < 4.78 is 0. The van der Waals surface area contributed by atoms with Crippen LogP contribution in [0.1, 0.15) is 47.9 Å². The number of fused-ring (bicyclic) bond motifs is 2. The van der Waals surface area contributed by atoms with Crippen LogP contribution in [0.3, 0.4) is 0 Å². The SMILES string of the molecule is CO.[Cl-].[Zr+3].c1cc2c([cH-]1)CCCC2.c1cc2c([cH-]1)CCCC2. The van der Waals surface area contributed by atoms with Gasteiger partial charge >= 0.3 is 26.2 Å². The van der Waals surface area contributed by atoms with E-state index in [1.807, 2.05) is 0 Å². The molecule has 1 radical (unpaired) electrons. The number of halogens is 1. The first-order chi connectivity index (χ1) is 9.93. The molecule has 0 unspecified atom stereocenters. The molecule has 0 bridgehead atoms. The van der Waals surface area contributed by atoms with E-state index in [9.17, 15) is 0 Å². The van der Waals surface area contributed by atoms with Crippen LogP contribution in [-0.4, -0.2) is 12.2 Å². The van der Waals surface area contributed by atoms with Gasteiger partial charge in [0.1, 0.15) is 0 Å². The van der Waals surface area contributed by atoms with Crippen LogP contribution in [0.25, 0.3) is 0 Å². The number of aliphatic hydroxyl groups is 1. The van der Waals surface area contributed by atoms with Gasteiger partial charge in [0.15, 0.2) is 0 Å². The van der Waals surface area contributed by atoms with Gasteiger partial charge in [-0.3, -0.25) is 0 Å². The molecule has 0 amide bonds. The van der Waals surface area contributed by atoms with E-state index in [1.165, 1.54) is 51.4 Å². The molecular weight excluding hydrogens is 371 g/mol. The monoisotopic (exact) mass is 395 g/mol. The van der Waals surface area contributed by atoms with E-state index in [1.54, 1.807) is 22.3 Å². The van der Waals surface area contributed by atoms with Crippen molar-refractivity contribution in [2.24, 2.45) is 0 Å². The second kappa shape index (κ2) is 12.3. The fourth-order valence-corrected chi connectivity index (χ4v) is 3.23. The molecule has 0 aromatic heterocycles. The number of hydrogen-bond acceptors (Lipinski definition) is 1. The summed E-state index contributed by atoms with van der Waals surface area (Å²) >= 11 is 0. The summed E-state index contributed by atoms with van der Waals surface area (Å²) in [6.45, 7) is 0. The van der Waals surface area contributed by atoms with Gasteiger partial charge in [-0.1, -0.05) is 51.4 Å². The molecule has 0 saturated carbocycles. The number of rotatable bonds is 0. The Kier molecular flexibility index (Phi) is 12.2. The zero-order chi connectivity index (χ0) is 14.2. The third-order valence-corrected chi connectivity index (χ3v) is 4.30. The molecule has 0 spiro atoms. The Morgan fingerprint density at radius 2 is 1.09 bits per heavy atom. The molecule has 1 N–H and O–H groups in total. The van der Waals surface area contributed by atoms with Crippen LogP contribution in [-0.2, 0) is 51.9 Å². The molecule has 0 atom stereocenters. The summed E-state index contributed by atoms with van der Waals surface area (Å²) in [5.41, 5.74) is 6.39. The van der Waals surface area contributed by atoms with Crippen molar-refractivity contribution in [1.29, 1.82) is 0 Å². The van der Waals surface area contributed by atoms with Gasteiger partial charge < -0.3 is 17.5 Å². The van der Waals surface area contributed by atoms with Gasteiger partial charge in [-0.2, -0.15) is 46.5 Å². The molecule has 4 rings (SSSR count). The number of aryl methyl sites for hydroxylation is 4. The topological polar surface area (TPSA) is 20.2 Å². The molecule has 2 aliphatic carbocycles. The van der Waals surface area contributed by atoms with E-state index in [0.717, 1.165) is 7.11 Å². The summed E-state index contributed by atoms with van der Waals surface area (Å²) in [4.78, 5) is 0. The second-order valence-corrected chi connectivity index (χ2v) is 5.57.